The average molecular weight is 1080 g/mol. The molecule has 0 radical (unpaired) electrons. The van der Waals surface area contributed by atoms with E-state index in [4.69, 9.17) is 15.2 Å². The molecule has 3 fully saturated rings. The van der Waals surface area contributed by atoms with Crippen LogP contribution in [-0.2, 0) is 25.5 Å². The maximum Gasteiger partial charge on any atom is 0.306 e. The monoisotopic (exact) mass is 1080 g/mol. The van der Waals surface area contributed by atoms with Gasteiger partial charge in [-0.3, -0.25) is 14.5 Å². The smallest absolute Gasteiger partial charge is 0.306 e. The molecule has 0 aromatic heterocycles. The summed E-state index contributed by atoms with van der Waals surface area (Å²) in [6, 6.07) is 2.04. The second-order valence-electron chi connectivity index (χ2n) is 18.1. The normalized spacial score (nSPS) is 29.7. The van der Waals surface area contributed by atoms with Gasteiger partial charge in [0, 0.05) is 43.1 Å². The summed E-state index contributed by atoms with van der Waals surface area (Å²) in [4.78, 5) is 27.6. The van der Waals surface area contributed by atoms with Crippen molar-refractivity contribution in [3.63, 3.8) is 0 Å². The van der Waals surface area contributed by atoms with Gasteiger partial charge in [-0.25, -0.2) is 0 Å². The van der Waals surface area contributed by atoms with Crippen LogP contribution in [0.1, 0.15) is 130 Å². The van der Waals surface area contributed by atoms with Gasteiger partial charge in [0.1, 0.15) is 12.7 Å². The molecule has 8 atom stereocenters. The van der Waals surface area contributed by atoms with Crippen molar-refractivity contribution < 1.29 is 24.2 Å². The van der Waals surface area contributed by atoms with E-state index < -0.39 is 0 Å². The van der Waals surface area contributed by atoms with Crippen LogP contribution in [0.25, 0.3) is 0 Å². The second-order valence-corrected chi connectivity index (χ2v) is 21.5. The molecule has 0 bridgehead atoms. The zero-order valence-corrected chi connectivity index (χ0v) is 40.0. The van der Waals surface area contributed by atoms with E-state index in [1.165, 1.54) is 51.4 Å². The molecule has 3 saturated carbocycles. The Morgan fingerprint density at radius 1 is 0.944 bits per heavy atom. The van der Waals surface area contributed by atoms with Crippen molar-refractivity contribution in [3.8, 4) is 0 Å². The number of allylic oxidation sites excluding steroid dienone is 1. The predicted molar refractivity (Wildman–Crippen MR) is 244 cm³/mol. The lowest BCUT2D eigenvalue weighted by Crippen LogP contribution is -2.51. The molecular weight excluding hydrogens is 1020 g/mol. The quantitative estimate of drug-likeness (QED) is 0.0654. The lowest BCUT2D eigenvalue weighted by molar-refractivity contribution is -0.151. The molecule has 7 nitrogen and oxygen atoms in total. The number of fused-ring (bicyclic) bond motifs is 5. The largest absolute Gasteiger partial charge is 0.464 e. The molecule has 0 spiro atoms. The van der Waals surface area contributed by atoms with Crippen molar-refractivity contribution >= 4 is 85.4 Å². The summed E-state index contributed by atoms with van der Waals surface area (Å²) in [5, 5.41) is 9.64. The number of hydrogen-bond donors (Lipinski definition) is 2. The number of aliphatic hydroxyl groups is 1. The Bertz CT molecular complexity index is 1490. The van der Waals surface area contributed by atoms with Crippen molar-refractivity contribution in [1.82, 2.24) is 4.90 Å². The molecule has 304 valence electrons. The fraction of sp³-hybridized carbons (Fsp3) is 0.773. The minimum absolute atomic E-state index is 0.0133. The van der Waals surface area contributed by atoms with E-state index in [9.17, 15) is 14.7 Å². The molecule has 10 heteroatoms. The Balaban J connectivity index is 1.04. The van der Waals surface area contributed by atoms with Gasteiger partial charge in [-0.1, -0.05) is 65.5 Å². The van der Waals surface area contributed by atoms with Gasteiger partial charge in [0.2, 0.25) is 0 Å². The number of nitrogens with two attached hydrogens (primary N) is 1. The summed E-state index contributed by atoms with van der Waals surface area (Å²) in [7, 11) is 0. The fourth-order valence-electron chi connectivity index (χ4n) is 11.4. The third kappa shape index (κ3) is 10.7. The number of hydrogen-bond acceptors (Lipinski definition) is 7. The topological polar surface area (TPSA) is 102 Å². The molecule has 3 unspecified atom stereocenters. The number of carbonyl (C=O) groups excluding carboxylic acids is 2. The Morgan fingerprint density at radius 3 is 2.46 bits per heavy atom. The highest BCUT2D eigenvalue weighted by Crippen LogP contribution is 2.67. The second kappa shape index (κ2) is 20.2. The molecule has 0 saturated heterocycles. The van der Waals surface area contributed by atoms with Crippen LogP contribution in [0, 0.1) is 57.0 Å². The SMILES string of the molecule is CC(C)CCC[C@@H](C)[C@H]1CCC2C3CC=C4C[C@@H](OC(=O)CCCN(CCO)CCOC(=O)CCc5c(I)cc(I)c(N)c5I)CC[C@]4(C)C3CC[C@@]21C. The van der Waals surface area contributed by atoms with Gasteiger partial charge in [-0.15, -0.1) is 0 Å². The number of anilines is 1. The van der Waals surface area contributed by atoms with E-state index in [2.05, 4.69) is 113 Å². The van der Waals surface area contributed by atoms with Crippen LogP contribution in [0.5, 0.6) is 0 Å². The molecule has 1 aromatic carbocycles. The third-order valence-electron chi connectivity index (χ3n) is 14.4. The first-order chi connectivity index (χ1) is 25.7. The van der Waals surface area contributed by atoms with E-state index in [0.717, 1.165) is 76.7 Å². The summed E-state index contributed by atoms with van der Waals surface area (Å²) in [6.07, 6.45) is 18.3. The van der Waals surface area contributed by atoms with Crippen molar-refractivity contribution in [2.75, 3.05) is 38.6 Å². The number of carbonyl (C=O) groups is 2. The van der Waals surface area contributed by atoms with Crippen molar-refractivity contribution in [1.29, 1.82) is 0 Å². The highest BCUT2D eigenvalue weighted by Gasteiger charge is 2.59. The van der Waals surface area contributed by atoms with Crippen LogP contribution < -0.4 is 5.73 Å². The first-order valence-corrected chi connectivity index (χ1v) is 24.2. The number of halogens is 3. The van der Waals surface area contributed by atoms with Gasteiger partial charge in [0.25, 0.3) is 0 Å². The number of nitrogens with zero attached hydrogens (tertiary/aromatic N) is 1. The van der Waals surface area contributed by atoms with Crippen LogP contribution in [-0.4, -0.2) is 60.9 Å². The lowest BCUT2D eigenvalue weighted by Gasteiger charge is -2.58. The highest BCUT2D eigenvalue weighted by molar-refractivity contribution is 14.1. The number of ether oxygens (including phenoxy) is 2. The minimum atomic E-state index is -0.245. The molecule has 1 aromatic rings. The van der Waals surface area contributed by atoms with E-state index >= 15 is 0 Å². The zero-order chi connectivity index (χ0) is 39.2. The number of esters is 2. The fourth-order valence-corrected chi connectivity index (χ4v) is 15.3. The van der Waals surface area contributed by atoms with Gasteiger partial charge in [0.05, 0.1) is 12.3 Å². The molecular formula is C44H67I3N2O5. The molecule has 0 amide bonds. The predicted octanol–water partition coefficient (Wildman–Crippen LogP) is 10.6. The summed E-state index contributed by atoms with van der Waals surface area (Å²) in [5.74, 6) is 4.58. The van der Waals surface area contributed by atoms with Gasteiger partial charge in [-0.2, -0.15) is 0 Å². The summed E-state index contributed by atoms with van der Waals surface area (Å²) < 4.78 is 14.8. The Kier molecular flexibility index (Phi) is 16.8. The van der Waals surface area contributed by atoms with E-state index in [-0.39, 0.29) is 43.1 Å². The van der Waals surface area contributed by atoms with E-state index in [1.54, 1.807) is 5.57 Å². The molecule has 5 rings (SSSR count). The third-order valence-corrected chi connectivity index (χ3v) is 17.5. The molecule has 3 N–H and O–H groups in total. The Labute approximate surface area is 367 Å². The van der Waals surface area contributed by atoms with Crippen LogP contribution in [0.4, 0.5) is 5.69 Å². The maximum absolute atomic E-state index is 13.1. The van der Waals surface area contributed by atoms with Gasteiger partial charge >= 0.3 is 11.9 Å². The summed E-state index contributed by atoms with van der Waals surface area (Å²) in [5.41, 5.74) is 10.3. The molecule has 4 aliphatic rings. The molecule has 0 aliphatic heterocycles. The number of aliphatic hydroxyl groups excluding tert-OH is 1. The summed E-state index contributed by atoms with van der Waals surface area (Å²) in [6.45, 7) is 14.4. The van der Waals surface area contributed by atoms with Crippen LogP contribution in [0.15, 0.2) is 17.7 Å². The van der Waals surface area contributed by atoms with Crippen molar-refractivity contribution in [2.24, 2.45) is 46.3 Å². The van der Waals surface area contributed by atoms with Crippen molar-refractivity contribution in [2.45, 2.75) is 137 Å². The van der Waals surface area contributed by atoms with E-state index in [0.29, 0.717) is 44.3 Å². The van der Waals surface area contributed by atoms with E-state index in [1.807, 2.05) is 6.07 Å². The average Bonchev–Trinajstić information content (AvgIpc) is 3.48. The van der Waals surface area contributed by atoms with Crippen LogP contribution >= 0.6 is 67.8 Å². The first-order valence-electron chi connectivity index (χ1n) is 21.0. The van der Waals surface area contributed by atoms with Gasteiger partial charge in [-0.05, 0) is 190 Å². The zero-order valence-electron chi connectivity index (χ0n) is 33.6. The van der Waals surface area contributed by atoms with Crippen molar-refractivity contribution in [3.05, 3.63) is 34.0 Å². The number of benzene rings is 1. The lowest BCUT2D eigenvalue weighted by atomic mass is 9.47. The first kappa shape index (κ1) is 44.9. The Hall–Kier alpha value is -0.190. The molecule has 4 aliphatic carbocycles. The van der Waals surface area contributed by atoms with Crippen LogP contribution in [0.3, 0.4) is 0 Å². The Morgan fingerprint density at radius 2 is 1.72 bits per heavy atom. The highest BCUT2D eigenvalue weighted by atomic mass is 127. The standard InChI is InChI=1S/C44H67I3N2O5/c1-28(2)8-6-9-29(3)34-14-15-35-32-12-11-30-26-31(17-19-43(30,4)36(32)18-20-44(34,35)5)54-40(52)10-7-21-49(22-24-50)23-25-53-39(51)16-13-33-37(45)27-38(46)42(48)41(33)47/h11,27-29,31-32,34-36,50H,6-10,12-26,48H2,1-5H3/t29-,31+,32?,34-,35?,36?,43+,44-/m1/s1. The number of nitrogen functional groups attached to an aromatic ring is 1. The summed E-state index contributed by atoms with van der Waals surface area (Å²) >= 11 is 6.78. The number of rotatable bonds is 18. The van der Waals surface area contributed by atoms with Gasteiger partial charge in [0.15, 0.2) is 0 Å². The van der Waals surface area contributed by atoms with Crippen LogP contribution in [0.2, 0.25) is 0 Å². The minimum Gasteiger partial charge on any atom is -0.464 e. The molecule has 54 heavy (non-hydrogen) atoms. The molecule has 0 heterocycles. The maximum atomic E-state index is 13.1. The van der Waals surface area contributed by atoms with Gasteiger partial charge < -0.3 is 20.3 Å².